The average molecular weight is 546 g/mol. The lowest BCUT2D eigenvalue weighted by atomic mass is 10.0. The summed E-state index contributed by atoms with van der Waals surface area (Å²) in [5, 5.41) is 4.93. The standard InChI is InChI=1S/C28H27N5O3S2/c1-18-24(26(34)30-19-7-4-3-5-8-19)25(21-9-6-16-37-21)33-27(35)22(38-28(33)29-18)17-20-10-11-23(36-20)32-14-12-31(2)13-15-32/h3-11,16-17,25H,12-15H2,1-2H3,(H,30,34)/b22-17+/t25-/m1/s1. The minimum Gasteiger partial charge on any atom is -0.441 e. The summed E-state index contributed by atoms with van der Waals surface area (Å²) in [7, 11) is 2.12. The molecule has 6 rings (SSSR count). The van der Waals surface area contributed by atoms with E-state index in [2.05, 4.69) is 22.2 Å². The number of thiazole rings is 1. The third kappa shape index (κ3) is 4.66. The van der Waals surface area contributed by atoms with Gasteiger partial charge in [0.15, 0.2) is 10.7 Å². The van der Waals surface area contributed by atoms with E-state index in [1.165, 1.54) is 22.7 Å². The van der Waals surface area contributed by atoms with E-state index < -0.39 is 6.04 Å². The number of benzene rings is 1. The fourth-order valence-electron chi connectivity index (χ4n) is 4.79. The van der Waals surface area contributed by atoms with Crippen molar-refractivity contribution in [1.82, 2.24) is 9.47 Å². The van der Waals surface area contributed by atoms with Crippen LogP contribution in [0.2, 0.25) is 0 Å². The van der Waals surface area contributed by atoms with Crippen molar-refractivity contribution in [2.45, 2.75) is 13.0 Å². The Morgan fingerprint density at radius 3 is 2.61 bits per heavy atom. The quantitative estimate of drug-likeness (QED) is 0.416. The number of amides is 1. The van der Waals surface area contributed by atoms with Gasteiger partial charge >= 0.3 is 0 Å². The number of aromatic nitrogens is 1. The Labute approximate surface area is 227 Å². The van der Waals surface area contributed by atoms with Gasteiger partial charge in [-0.25, -0.2) is 4.99 Å². The van der Waals surface area contributed by atoms with Crippen LogP contribution in [0, 0.1) is 0 Å². The van der Waals surface area contributed by atoms with Crippen molar-refractivity contribution in [2.75, 3.05) is 43.4 Å². The molecule has 194 valence electrons. The predicted octanol–water partition coefficient (Wildman–Crippen LogP) is 3.28. The van der Waals surface area contributed by atoms with Crippen LogP contribution < -0.4 is 25.1 Å². The first-order valence-corrected chi connectivity index (χ1v) is 14.1. The molecule has 0 radical (unpaired) electrons. The summed E-state index contributed by atoms with van der Waals surface area (Å²) in [6.07, 6.45) is 1.78. The van der Waals surface area contributed by atoms with Crippen molar-refractivity contribution in [3.05, 3.63) is 102 Å². The molecule has 1 amide bonds. The van der Waals surface area contributed by atoms with Crippen LogP contribution in [0.15, 0.2) is 85.5 Å². The average Bonchev–Trinajstić information content (AvgIpc) is 3.66. The largest absolute Gasteiger partial charge is 0.441 e. The molecule has 0 saturated carbocycles. The number of thiophene rings is 1. The number of allylic oxidation sites excluding steroid dienone is 1. The molecule has 0 bridgehead atoms. The molecule has 2 aliphatic heterocycles. The number of rotatable bonds is 5. The number of piperazine rings is 1. The Morgan fingerprint density at radius 2 is 1.87 bits per heavy atom. The zero-order valence-electron chi connectivity index (χ0n) is 21.1. The Bertz CT molecular complexity index is 1670. The minimum absolute atomic E-state index is 0.192. The normalized spacial score (nSPS) is 18.4. The highest BCUT2D eigenvalue weighted by Gasteiger charge is 2.33. The van der Waals surface area contributed by atoms with Crippen molar-refractivity contribution in [3.63, 3.8) is 0 Å². The molecule has 8 nitrogen and oxygen atoms in total. The Morgan fingerprint density at radius 1 is 1.08 bits per heavy atom. The van der Waals surface area contributed by atoms with Crippen molar-refractivity contribution in [3.8, 4) is 0 Å². The van der Waals surface area contributed by atoms with Crippen LogP contribution in [0.5, 0.6) is 0 Å². The van der Waals surface area contributed by atoms with Gasteiger partial charge in [0.2, 0.25) is 0 Å². The highest BCUT2D eigenvalue weighted by atomic mass is 32.1. The van der Waals surface area contributed by atoms with Crippen LogP contribution in [0.1, 0.15) is 23.6 Å². The van der Waals surface area contributed by atoms with E-state index in [9.17, 15) is 9.59 Å². The lowest BCUT2D eigenvalue weighted by molar-refractivity contribution is -0.113. The lowest BCUT2D eigenvalue weighted by Gasteiger charge is -2.32. The van der Waals surface area contributed by atoms with E-state index in [0.717, 1.165) is 36.9 Å². The first-order valence-electron chi connectivity index (χ1n) is 12.4. The first-order chi connectivity index (χ1) is 18.5. The number of hydrogen-bond donors (Lipinski definition) is 1. The number of fused-ring (bicyclic) bond motifs is 1. The molecule has 1 N–H and O–H groups in total. The molecular formula is C28H27N5O3S2. The first kappa shape index (κ1) is 24.6. The molecular weight excluding hydrogens is 518 g/mol. The molecule has 4 aromatic rings. The van der Waals surface area contributed by atoms with Gasteiger partial charge < -0.3 is 19.5 Å². The van der Waals surface area contributed by atoms with Crippen LogP contribution in [-0.4, -0.2) is 48.6 Å². The molecule has 10 heteroatoms. The number of nitrogens with one attached hydrogen (secondary N) is 1. The summed E-state index contributed by atoms with van der Waals surface area (Å²) < 4.78 is 8.26. The number of furan rings is 1. The zero-order valence-corrected chi connectivity index (χ0v) is 22.7. The molecule has 38 heavy (non-hydrogen) atoms. The maximum Gasteiger partial charge on any atom is 0.271 e. The van der Waals surface area contributed by atoms with Crippen molar-refractivity contribution < 1.29 is 9.21 Å². The van der Waals surface area contributed by atoms with Crippen LogP contribution in [0.3, 0.4) is 0 Å². The number of carbonyl (C=O) groups excluding carboxylic acids is 1. The number of hydrogen-bond acceptors (Lipinski definition) is 8. The van der Waals surface area contributed by atoms with Crippen LogP contribution in [0.4, 0.5) is 11.6 Å². The van der Waals surface area contributed by atoms with Crippen molar-refractivity contribution in [2.24, 2.45) is 4.99 Å². The van der Waals surface area contributed by atoms with Gasteiger partial charge in [0.05, 0.1) is 15.8 Å². The second kappa shape index (κ2) is 10.2. The maximum absolute atomic E-state index is 13.8. The molecule has 3 aromatic heterocycles. The van der Waals surface area contributed by atoms with E-state index in [1.807, 2.05) is 66.9 Å². The predicted molar refractivity (Wildman–Crippen MR) is 152 cm³/mol. The maximum atomic E-state index is 13.8. The third-order valence-corrected chi connectivity index (χ3v) is 8.72. The van der Waals surface area contributed by atoms with Gasteiger partial charge in [-0.2, -0.15) is 0 Å². The van der Waals surface area contributed by atoms with E-state index in [4.69, 9.17) is 9.41 Å². The summed E-state index contributed by atoms with van der Waals surface area (Å²) in [5.41, 5.74) is 1.56. The van der Waals surface area contributed by atoms with E-state index in [-0.39, 0.29) is 11.5 Å². The minimum atomic E-state index is -0.561. The summed E-state index contributed by atoms with van der Waals surface area (Å²) >= 11 is 2.83. The molecule has 1 fully saturated rings. The van der Waals surface area contributed by atoms with E-state index in [0.29, 0.717) is 32.1 Å². The van der Waals surface area contributed by atoms with E-state index in [1.54, 1.807) is 10.6 Å². The topological polar surface area (TPSA) is 83.1 Å². The summed E-state index contributed by atoms with van der Waals surface area (Å²) in [6, 6.07) is 16.5. The fourth-order valence-corrected chi connectivity index (χ4v) is 6.64. The third-order valence-electron chi connectivity index (χ3n) is 6.81. The van der Waals surface area contributed by atoms with Gasteiger partial charge in [-0.05, 0) is 43.6 Å². The van der Waals surface area contributed by atoms with Crippen LogP contribution >= 0.6 is 22.7 Å². The SMILES string of the molecule is CC1=C(C(=O)Nc2ccccc2)[C@@H](c2cccs2)n2c(s/c(=C/c3ccc(N4CCN(C)CC4)o3)c2=O)=N1. The van der Waals surface area contributed by atoms with Gasteiger partial charge in [-0.1, -0.05) is 35.6 Å². The van der Waals surface area contributed by atoms with E-state index >= 15 is 0 Å². The fraction of sp³-hybridized carbons (Fsp3) is 0.250. The monoisotopic (exact) mass is 545 g/mol. The highest BCUT2D eigenvalue weighted by Crippen LogP contribution is 2.33. The molecule has 0 spiro atoms. The summed E-state index contributed by atoms with van der Waals surface area (Å²) in [4.78, 5) is 38.0. The van der Waals surface area contributed by atoms with Crippen LogP contribution in [0.25, 0.3) is 6.08 Å². The molecule has 1 aromatic carbocycles. The van der Waals surface area contributed by atoms with Crippen molar-refractivity contribution >= 4 is 46.2 Å². The number of para-hydroxylation sites is 1. The Kier molecular flexibility index (Phi) is 6.61. The molecule has 1 atom stereocenters. The lowest BCUT2D eigenvalue weighted by Crippen LogP contribution is -2.44. The summed E-state index contributed by atoms with van der Waals surface area (Å²) in [5.74, 6) is 1.16. The smallest absolute Gasteiger partial charge is 0.271 e. The van der Waals surface area contributed by atoms with Gasteiger partial charge in [0.25, 0.3) is 11.5 Å². The number of nitrogens with zero attached hydrogens (tertiary/aromatic N) is 4. The zero-order chi connectivity index (χ0) is 26.2. The number of anilines is 2. The highest BCUT2D eigenvalue weighted by molar-refractivity contribution is 7.10. The second-order valence-electron chi connectivity index (χ2n) is 9.38. The van der Waals surface area contributed by atoms with Crippen LogP contribution in [-0.2, 0) is 4.79 Å². The molecule has 0 aliphatic carbocycles. The van der Waals surface area contributed by atoms with Crippen molar-refractivity contribution in [1.29, 1.82) is 0 Å². The van der Waals surface area contributed by atoms with Gasteiger partial charge in [-0.15, -0.1) is 11.3 Å². The molecule has 5 heterocycles. The number of carbonyl (C=O) groups is 1. The number of likely N-dealkylation sites (N-methyl/N-ethyl adjacent to an activating group) is 1. The van der Waals surface area contributed by atoms with Gasteiger partial charge in [-0.3, -0.25) is 14.2 Å². The molecule has 1 saturated heterocycles. The molecule has 2 aliphatic rings. The molecule has 0 unspecified atom stereocenters. The Hall–Kier alpha value is -3.73. The van der Waals surface area contributed by atoms with Gasteiger partial charge in [0, 0.05) is 48.9 Å². The Balaban J connectivity index is 1.38. The van der Waals surface area contributed by atoms with Gasteiger partial charge in [0.1, 0.15) is 11.8 Å². The second-order valence-corrected chi connectivity index (χ2v) is 11.4. The summed E-state index contributed by atoms with van der Waals surface area (Å²) in [6.45, 7) is 5.60.